The highest BCUT2D eigenvalue weighted by molar-refractivity contribution is 6.30. The van der Waals surface area contributed by atoms with E-state index in [1.165, 1.54) is 6.39 Å². The van der Waals surface area contributed by atoms with E-state index in [0.29, 0.717) is 16.5 Å². The number of aliphatic hydroxyl groups is 1. The molecule has 3 nitrogen and oxygen atoms in total. The van der Waals surface area contributed by atoms with Gasteiger partial charge in [0.25, 0.3) is 0 Å². The van der Waals surface area contributed by atoms with Crippen molar-refractivity contribution in [3.8, 4) is 11.3 Å². The molecule has 0 amide bonds. The van der Waals surface area contributed by atoms with Crippen LogP contribution in [0.4, 0.5) is 0 Å². The van der Waals surface area contributed by atoms with Gasteiger partial charge in [-0.05, 0) is 24.6 Å². The highest BCUT2D eigenvalue weighted by Crippen LogP contribution is 2.28. The summed E-state index contributed by atoms with van der Waals surface area (Å²) in [6, 6.07) is 5.52. The fourth-order valence-electron chi connectivity index (χ4n) is 1.44. The van der Waals surface area contributed by atoms with Crippen LogP contribution < -0.4 is 0 Å². The average Bonchev–Trinajstić information content (AvgIpc) is 2.69. The first kappa shape index (κ1) is 10.2. The van der Waals surface area contributed by atoms with E-state index in [1.54, 1.807) is 6.07 Å². The molecule has 0 bridgehead atoms. The van der Waals surface area contributed by atoms with Gasteiger partial charge in [-0.3, -0.25) is 0 Å². The van der Waals surface area contributed by atoms with E-state index in [-0.39, 0.29) is 6.61 Å². The lowest BCUT2D eigenvalue weighted by atomic mass is 10.1. The largest absolute Gasteiger partial charge is 0.443 e. The third-order valence-corrected chi connectivity index (χ3v) is 2.47. The summed E-state index contributed by atoms with van der Waals surface area (Å²) < 4.78 is 5.25. The predicted octanol–water partition coefficient (Wildman–Crippen LogP) is 2.80. The number of hydrogen-bond acceptors (Lipinski definition) is 3. The van der Waals surface area contributed by atoms with E-state index in [0.717, 1.165) is 11.1 Å². The number of halogens is 1. The SMILES string of the molecule is Cc1ccc(Cl)cc1-c1ocnc1CO. The number of nitrogens with zero attached hydrogens (tertiary/aromatic N) is 1. The standard InChI is InChI=1S/C11H10ClNO2/c1-7-2-3-8(12)4-9(7)11-10(5-14)13-6-15-11/h2-4,6,14H,5H2,1H3. The molecule has 0 radical (unpaired) electrons. The average molecular weight is 224 g/mol. The Bertz CT molecular complexity index is 479. The number of benzene rings is 1. The number of oxazole rings is 1. The summed E-state index contributed by atoms with van der Waals surface area (Å²) in [5.74, 6) is 0.581. The molecule has 0 fully saturated rings. The minimum Gasteiger partial charge on any atom is -0.443 e. The van der Waals surface area contributed by atoms with Gasteiger partial charge in [0.05, 0.1) is 6.61 Å². The van der Waals surface area contributed by atoms with Gasteiger partial charge in [0, 0.05) is 10.6 Å². The second-order valence-electron chi connectivity index (χ2n) is 3.25. The summed E-state index contributed by atoms with van der Waals surface area (Å²) in [5.41, 5.74) is 2.43. The van der Waals surface area contributed by atoms with Crippen molar-refractivity contribution in [1.29, 1.82) is 0 Å². The molecule has 2 rings (SSSR count). The van der Waals surface area contributed by atoms with Gasteiger partial charge in [-0.1, -0.05) is 17.7 Å². The molecule has 0 spiro atoms. The maximum atomic E-state index is 9.07. The van der Waals surface area contributed by atoms with Crippen molar-refractivity contribution in [3.63, 3.8) is 0 Å². The summed E-state index contributed by atoms with van der Waals surface area (Å²) in [7, 11) is 0. The summed E-state index contributed by atoms with van der Waals surface area (Å²) in [4.78, 5) is 3.92. The Hall–Kier alpha value is -1.32. The molecule has 1 aromatic carbocycles. The van der Waals surface area contributed by atoms with E-state index < -0.39 is 0 Å². The van der Waals surface area contributed by atoms with Crippen LogP contribution in [0.15, 0.2) is 29.0 Å². The van der Waals surface area contributed by atoms with Gasteiger partial charge in [0.1, 0.15) is 5.69 Å². The Morgan fingerprint density at radius 2 is 2.27 bits per heavy atom. The maximum absolute atomic E-state index is 9.07. The molecule has 78 valence electrons. The van der Waals surface area contributed by atoms with Crippen molar-refractivity contribution in [1.82, 2.24) is 4.98 Å². The van der Waals surface area contributed by atoms with Crippen molar-refractivity contribution >= 4 is 11.6 Å². The molecular weight excluding hydrogens is 214 g/mol. The Balaban J connectivity index is 2.58. The van der Waals surface area contributed by atoms with Crippen molar-refractivity contribution in [2.75, 3.05) is 0 Å². The van der Waals surface area contributed by atoms with Gasteiger partial charge in [0.15, 0.2) is 12.2 Å². The van der Waals surface area contributed by atoms with Crippen LogP contribution in [0, 0.1) is 6.92 Å². The second-order valence-corrected chi connectivity index (χ2v) is 3.68. The van der Waals surface area contributed by atoms with Crippen LogP contribution in [-0.4, -0.2) is 10.1 Å². The Morgan fingerprint density at radius 1 is 1.47 bits per heavy atom. The zero-order valence-corrected chi connectivity index (χ0v) is 8.95. The van der Waals surface area contributed by atoms with Crippen molar-refractivity contribution < 1.29 is 9.52 Å². The first-order chi connectivity index (χ1) is 7.22. The highest BCUT2D eigenvalue weighted by Gasteiger charge is 2.12. The summed E-state index contributed by atoms with van der Waals surface area (Å²) in [6.07, 6.45) is 1.32. The number of aliphatic hydroxyl groups excluding tert-OH is 1. The summed E-state index contributed by atoms with van der Waals surface area (Å²) >= 11 is 5.90. The molecule has 0 aliphatic heterocycles. The lowest BCUT2D eigenvalue weighted by molar-refractivity contribution is 0.277. The highest BCUT2D eigenvalue weighted by atomic mass is 35.5. The smallest absolute Gasteiger partial charge is 0.181 e. The van der Waals surface area contributed by atoms with Crippen molar-refractivity contribution in [2.24, 2.45) is 0 Å². The first-order valence-corrected chi connectivity index (χ1v) is 4.90. The third-order valence-electron chi connectivity index (χ3n) is 2.24. The van der Waals surface area contributed by atoms with E-state index >= 15 is 0 Å². The Morgan fingerprint density at radius 3 is 3.00 bits per heavy atom. The molecule has 0 aliphatic carbocycles. The zero-order valence-electron chi connectivity index (χ0n) is 8.20. The van der Waals surface area contributed by atoms with Crippen molar-refractivity contribution in [3.05, 3.63) is 40.9 Å². The van der Waals surface area contributed by atoms with Gasteiger partial charge in [0.2, 0.25) is 0 Å². The number of hydrogen-bond donors (Lipinski definition) is 1. The monoisotopic (exact) mass is 223 g/mol. The molecule has 0 saturated carbocycles. The van der Waals surface area contributed by atoms with Gasteiger partial charge >= 0.3 is 0 Å². The predicted molar refractivity (Wildman–Crippen MR) is 57.6 cm³/mol. The normalized spacial score (nSPS) is 10.6. The molecule has 1 N–H and O–H groups in total. The molecule has 4 heteroatoms. The summed E-state index contributed by atoms with van der Waals surface area (Å²) in [6.45, 7) is 1.81. The number of aromatic nitrogens is 1. The quantitative estimate of drug-likeness (QED) is 0.852. The number of aryl methyl sites for hydroxylation is 1. The van der Waals surface area contributed by atoms with Gasteiger partial charge in [-0.15, -0.1) is 0 Å². The van der Waals surface area contributed by atoms with Gasteiger partial charge < -0.3 is 9.52 Å². The van der Waals surface area contributed by atoms with Crippen molar-refractivity contribution in [2.45, 2.75) is 13.5 Å². The topological polar surface area (TPSA) is 46.3 Å². The maximum Gasteiger partial charge on any atom is 0.181 e. The summed E-state index contributed by atoms with van der Waals surface area (Å²) in [5, 5.41) is 9.71. The van der Waals surface area contributed by atoms with Crippen LogP contribution in [-0.2, 0) is 6.61 Å². The van der Waals surface area contributed by atoms with Crippen LogP contribution in [0.25, 0.3) is 11.3 Å². The molecule has 1 heterocycles. The first-order valence-electron chi connectivity index (χ1n) is 4.52. The molecule has 0 aliphatic rings. The second kappa shape index (κ2) is 4.04. The van der Waals surface area contributed by atoms with Gasteiger partial charge in [-0.2, -0.15) is 0 Å². The Kier molecular flexibility index (Phi) is 2.75. The molecule has 0 unspecified atom stereocenters. The van der Waals surface area contributed by atoms with E-state index in [1.807, 2.05) is 19.1 Å². The fraction of sp³-hybridized carbons (Fsp3) is 0.182. The molecule has 2 aromatic rings. The van der Waals surface area contributed by atoms with E-state index in [9.17, 15) is 0 Å². The molecule has 15 heavy (non-hydrogen) atoms. The lowest BCUT2D eigenvalue weighted by Gasteiger charge is -2.04. The molecule has 0 atom stereocenters. The zero-order chi connectivity index (χ0) is 10.8. The van der Waals surface area contributed by atoms with Crippen LogP contribution >= 0.6 is 11.6 Å². The molecule has 1 aromatic heterocycles. The van der Waals surface area contributed by atoms with Crippen LogP contribution in [0.5, 0.6) is 0 Å². The van der Waals surface area contributed by atoms with E-state index in [2.05, 4.69) is 4.98 Å². The number of rotatable bonds is 2. The van der Waals surface area contributed by atoms with Gasteiger partial charge in [-0.25, -0.2) is 4.98 Å². The minimum atomic E-state index is -0.141. The molecular formula is C11H10ClNO2. The Labute approximate surface area is 92.3 Å². The minimum absolute atomic E-state index is 0.141. The van der Waals surface area contributed by atoms with Crippen LogP contribution in [0.1, 0.15) is 11.3 Å². The lowest BCUT2D eigenvalue weighted by Crippen LogP contribution is -1.89. The van der Waals surface area contributed by atoms with Crippen LogP contribution in [0.3, 0.4) is 0 Å². The third kappa shape index (κ3) is 1.89. The van der Waals surface area contributed by atoms with Crippen LogP contribution in [0.2, 0.25) is 5.02 Å². The fourth-order valence-corrected chi connectivity index (χ4v) is 1.61. The molecule has 0 saturated heterocycles. The van der Waals surface area contributed by atoms with E-state index in [4.69, 9.17) is 21.1 Å².